The zero-order chi connectivity index (χ0) is 15.3. The van der Waals surface area contributed by atoms with Crippen molar-refractivity contribution in [2.45, 2.75) is 17.9 Å². The van der Waals surface area contributed by atoms with Gasteiger partial charge in [0.2, 0.25) is 10.0 Å². The summed E-state index contributed by atoms with van der Waals surface area (Å²) in [5.41, 5.74) is 6.07. The summed E-state index contributed by atoms with van der Waals surface area (Å²) < 4.78 is 33.8. The van der Waals surface area contributed by atoms with Gasteiger partial charge in [-0.1, -0.05) is 0 Å². The van der Waals surface area contributed by atoms with Crippen LogP contribution in [0.25, 0.3) is 0 Å². The van der Waals surface area contributed by atoms with Gasteiger partial charge in [-0.05, 0) is 24.6 Å². The number of nitrogens with one attached hydrogen (secondary N) is 1. The maximum Gasteiger partial charge on any atom is 0.244 e. The first-order chi connectivity index (χ1) is 10.0. The molecule has 7 nitrogen and oxygen atoms in total. The summed E-state index contributed by atoms with van der Waals surface area (Å²) in [5.74, 6) is 0.231. The van der Waals surface area contributed by atoms with Crippen molar-refractivity contribution >= 4 is 15.7 Å². The highest BCUT2D eigenvalue weighted by Crippen LogP contribution is 2.25. The molecule has 2 rings (SSSR count). The molecule has 0 spiro atoms. The number of sulfonamides is 1. The maximum atomic E-state index is 12.2. The third-order valence-corrected chi connectivity index (χ3v) is 4.39. The van der Waals surface area contributed by atoms with Crippen molar-refractivity contribution in [1.29, 1.82) is 0 Å². The van der Waals surface area contributed by atoms with Crippen LogP contribution >= 0.6 is 0 Å². The van der Waals surface area contributed by atoms with Crippen molar-refractivity contribution < 1.29 is 13.2 Å². The zero-order valence-corrected chi connectivity index (χ0v) is 12.5. The third-order valence-electron chi connectivity index (χ3n) is 2.89. The maximum absolute atomic E-state index is 12.2. The second-order valence-corrected chi connectivity index (χ2v) is 6.17. The number of nitrogens with zero attached hydrogens (tertiary/aromatic N) is 2. The van der Waals surface area contributed by atoms with Gasteiger partial charge in [-0.3, -0.25) is 4.68 Å². The first-order valence-corrected chi connectivity index (χ1v) is 7.92. The van der Waals surface area contributed by atoms with E-state index in [0.717, 1.165) is 0 Å². The lowest BCUT2D eigenvalue weighted by atomic mass is 10.3. The summed E-state index contributed by atoms with van der Waals surface area (Å²) in [6.45, 7) is 0.962. The number of hydrogen-bond acceptors (Lipinski definition) is 5. The van der Waals surface area contributed by atoms with E-state index in [4.69, 9.17) is 10.5 Å². The highest BCUT2D eigenvalue weighted by atomic mass is 32.2. The van der Waals surface area contributed by atoms with E-state index >= 15 is 0 Å². The molecule has 0 saturated heterocycles. The van der Waals surface area contributed by atoms with Gasteiger partial charge in [0.25, 0.3) is 0 Å². The number of aromatic nitrogens is 2. The lowest BCUT2D eigenvalue weighted by Crippen LogP contribution is -2.26. The number of aryl methyl sites for hydroxylation is 1. The van der Waals surface area contributed by atoms with Crippen molar-refractivity contribution in [3.63, 3.8) is 0 Å². The number of rotatable bonds is 7. The van der Waals surface area contributed by atoms with Crippen LogP contribution in [0.1, 0.15) is 6.42 Å². The molecule has 2 aromatic rings. The highest BCUT2D eigenvalue weighted by molar-refractivity contribution is 7.89. The summed E-state index contributed by atoms with van der Waals surface area (Å²) in [5, 5.41) is 4.05. The van der Waals surface area contributed by atoms with Gasteiger partial charge >= 0.3 is 0 Å². The van der Waals surface area contributed by atoms with Gasteiger partial charge in [-0.2, -0.15) is 5.10 Å². The van der Waals surface area contributed by atoms with Crippen molar-refractivity contribution in [3.05, 3.63) is 36.7 Å². The predicted molar refractivity (Wildman–Crippen MR) is 79.4 cm³/mol. The molecule has 0 radical (unpaired) electrons. The summed E-state index contributed by atoms with van der Waals surface area (Å²) in [6.07, 6.45) is 4.15. The van der Waals surface area contributed by atoms with Crippen LogP contribution < -0.4 is 15.2 Å². The van der Waals surface area contributed by atoms with Crippen LogP contribution in [0, 0.1) is 0 Å². The van der Waals surface area contributed by atoms with Gasteiger partial charge in [0.15, 0.2) is 0 Å². The molecule has 0 fully saturated rings. The molecule has 3 N–H and O–H groups in total. The van der Waals surface area contributed by atoms with E-state index in [9.17, 15) is 8.42 Å². The summed E-state index contributed by atoms with van der Waals surface area (Å²) in [4.78, 5) is 0.0817. The molecule has 0 atom stereocenters. The van der Waals surface area contributed by atoms with Crippen molar-refractivity contribution in [2.75, 3.05) is 19.4 Å². The SMILES string of the molecule is COc1cc(N)ccc1S(=O)(=O)NCCCn1cccn1. The molecule has 0 saturated carbocycles. The van der Waals surface area contributed by atoms with Crippen molar-refractivity contribution in [2.24, 2.45) is 0 Å². The number of nitrogen functional groups attached to an aromatic ring is 1. The van der Waals surface area contributed by atoms with Crippen LogP contribution in [0.2, 0.25) is 0 Å². The Morgan fingerprint density at radius 1 is 1.43 bits per heavy atom. The minimum absolute atomic E-state index is 0.0817. The van der Waals surface area contributed by atoms with Crippen molar-refractivity contribution in [3.8, 4) is 5.75 Å². The topological polar surface area (TPSA) is 99.2 Å². The monoisotopic (exact) mass is 310 g/mol. The molecule has 1 aromatic heterocycles. The Morgan fingerprint density at radius 3 is 2.90 bits per heavy atom. The summed E-state index contributed by atoms with van der Waals surface area (Å²) >= 11 is 0. The molecule has 0 unspecified atom stereocenters. The molecular formula is C13H18N4O3S. The molecule has 1 aromatic carbocycles. The van der Waals surface area contributed by atoms with Crippen LogP contribution in [-0.4, -0.2) is 31.9 Å². The van der Waals surface area contributed by atoms with Gasteiger partial charge in [0, 0.05) is 37.2 Å². The third kappa shape index (κ3) is 3.96. The quantitative estimate of drug-likeness (QED) is 0.583. The second-order valence-electron chi connectivity index (χ2n) is 4.43. The minimum atomic E-state index is -3.62. The summed E-state index contributed by atoms with van der Waals surface area (Å²) in [7, 11) is -2.21. The number of nitrogens with two attached hydrogens (primary N) is 1. The largest absolute Gasteiger partial charge is 0.495 e. The Morgan fingerprint density at radius 2 is 2.24 bits per heavy atom. The molecule has 0 aliphatic rings. The predicted octanol–water partition coefficient (Wildman–Crippen LogP) is 0.842. The molecule has 0 amide bonds. The fourth-order valence-electron chi connectivity index (χ4n) is 1.86. The van der Waals surface area contributed by atoms with E-state index in [1.54, 1.807) is 10.9 Å². The number of methoxy groups -OCH3 is 1. The highest BCUT2D eigenvalue weighted by Gasteiger charge is 2.18. The van der Waals surface area contributed by atoms with Gasteiger partial charge in [0.1, 0.15) is 10.6 Å². The second kappa shape index (κ2) is 6.59. The Balaban J connectivity index is 1.98. The Kier molecular flexibility index (Phi) is 4.81. The molecule has 114 valence electrons. The minimum Gasteiger partial charge on any atom is -0.495 e. The molecule has 0 bridgehead atoms. The number of benzene rings is 1. The molecule has 1 heterocycles. The Hall–Kier alpha value is -2.06. The fourth-order valence-corrected chi connectivity index (χ4v) is 3.09. The lowest BCUT2D eigenvalue weighted by Gasteiger charge is -2.11. The Bertz CT molecular complexity index is 683. The zero-order valence-electron chi connectivity index (χ0n) is 11.7. The summed E-state index contributed by atoms with van der Waals surface area (Å²) in [6, 6.07) is 6.27. The molecule has 21 heavy (non-hydrogen) atoms. The molecule has 8 heteroatoms. The average Bonchev–Trinajstić information content (AvgIpc) is 2.96. The van der Waals surface area contributed by atoms with Gasteiger partial charge in [-0.25, -0.2) is 13.1 Å². The normalized spacial score (nSPS) is 11.5. The van der Waals surface area contributed by atoms with E-state index in [2.05, 4.69) is 9.82 Å². The number of ether oxygens (including phenoxy) is 1. The van der Waals surface area contributed by atoms with Gasteiger partial charge < -0.3 is 10.5 Å². The first kappa shape index (κ1) is 15.3. The number of hydrogen-bond donors (Lipinski definition) is 2. The smallest absolute Gasteiger partial charge is 0.244 e. The number of anilines is 1. The van der Waals surface area contributed by atoms with Crippen LogP contribution in [0.5, 0.6) is 5.75 Å². The molecular weight excluding hydrogens is 292 g/mol. The molecule has 0 aliphatic carbocycles. The van der Waals surface area contributed by atoms with E-state index in [-0.39, 0.29) is 10.6 Å². The van der Waals surface area contributed by atoms with Gasteiger partial charge in [-0.15, -0.1) is 0 Å². The van der Waals surface area contributed by atoms with E-state index in [1.165, 1.54) is 25.3 Å². The Labute approximate surface area is 123 Å². The van der Waals surface area contributed by atoms with Crippen molar-refractivity contribution in [1.82, 2.24) is 14.5 Å². The first-order valence-electron chi connectivity index (χ1n) is 6.43. The van der Waals surface area contributed by atoms with E-state index < -0.39 is 10.0 Å². The van der Waals surface area contributed by atoms with Crippen LogP contribution in [0.4, 0.5) is 5.69 Å². The lowest BCUT2D eigenvalue weighted by molar-refractivity contribution is 0.402. The standard InChI is InChI=1S/C13H18N4O3S/c1-20-12-10-11(14)4-5-13(12)21(18,19)16-7-3-9-17-8-2-6-15-17/h2,4-6,8,10,16H,3,7,9,14H2,1H3. The van der Waals surface area contributed by atoms with Crippen LogP contribution in [-0.2, 0) is 16.6 Å². The average molecular weight is 310 g/mol. The van der Waals surface area contributed by atoms with E-state index in [1.807, 2.05) is 12.3 Å². The van der Waals surface area contributed by atoms with Gasteiger partial charge in [0.05, 0.1) is 7.11 Å². The fraction of sp³-hybridized carbons (Fsp3) is 0.308. The van der Waals surface area contributed by atoms with E-state index in [0.29, 0.717) is 25.2 Å². The van der Waals surface area contributed by atoms with Crippen LogP contribution in [0.3, 0.4) is 0 Å². The van der Waals surface area contributed by atoms with Crippen LogP contribution in [0.15, 0.2) is 41.6 Å². The molecule has 0 aliphatic heterocycles.